The van der Waals surface area contributed by atoms with Crippen molar-refractivity contribution in [3.8, 4) is 0 Å². The highest BCUT2D eigenvalue weighted by molar-refractivity contribution is 5.32. The first-order chi connectivity index (χ1) is 9.11. The molecule has 0 aliphatic heterocycles. The molecule has 0 heterocycles. The largest absolute Gasteiger partial charge is 0.385 e. The molecule has 1 N–H and O–H groups in total. The summed E-state index contributed by atoms with van der Waals surface area (Å²) >= 11 is 0. The highest BCUT2D eigenvalue weighted by atomic mass is 16.3. The molecule has 1 aromatic carbocycles. The zero-order valence-electron chi connectivity index (χ0n) is 12.9. The summed E-state index contributed by atoms with van der Waals surface area (Å²) in [5.41, 5.74) is 1.79. The van der Waals surface area contributed by atoms with Crippen molar-refractivity contribution < 1.29 is 5.11 Å². The molecule has 0 saturated heterocycles. The fourth-order valence-electron chi connectivity index (χ4n) is 2.66. The van der Waals surface area contributed by atoms with Crippen LogP contribution < -0.4 is 0 Å². The Balaban J connectivity index is 2.69. The van der Waals surface area contributed by atoms with Crippen LogP contribution in [0.5, 0.6) is 0 Å². The van der Waals surface area contributed by atoms with Gasteiger partial charge in [-0.15, -0.1) is 0 Å². The molecule has 0 fully saturated rings. The second-order valence-electron chi connectivity index (χ2n) is 5.85. The standard InChI is InChI=1S/C18H30O/c1-4-6-8-11-15-18(3,19)17-14-10-9-13-16(17)12-7-5-2/h9-10,13-14,19H,4-8,11-12,15H2,1-3H3. The maximum atomic E-state index is 10.8. The van der Waals surface area contributed by atoms with E-state index in [1.165, 1.54) is 37.7 Å². The van der Waals surface area contributed by atoms with E-state index < -0.39 is 5.60 Å². The molecule has 1 rings (SSSR count). The number of unbranched alkanes of at least 4 members (excludes halogenated alkanes) is 4. The first kappa shape index (κ1) is 16.2. The summed E-state index contributed by atoms with van der Waals surface area (Å²) in [6, 6.07) is 8.41. The molecular weight excluding hydrogens is 232 g/mol. The lowest BCUT2D eigenvalue weighted by Gasteiger charge is -2.26. The number of aliphatic hydroxyl groups is 1. The molecule has 1 atom stereocenters. The van der Waals surface area contributed by atoms with Crippen LogP contribution in [0.15, 0.2) is 24.3 Å². The quantitative estimate of drug-likeness (QED) is 0.606. The van der Waals surface area contributed by atoms with Crippen molar-refractivity contribution in [2.45, 2.75) is 77.7 Å². The van der Waals surface area contributed by atoms with Crippen LogP contribution in [0, 0.1) is 0 Å². The summed E-state index contributed by atoms with van der Waals surface area (Å²) in [5, 5.41) is 10.8. The summed E-state index contributed by atoms with van der Waals surface area (Å²) in [6.45, 7) is 6.41. The van der Waals surface area contributed by atoms with E-state index in [0.717, 1.165) is 24.8 Å². The molecule has 1 heteroatoms. The third-order valence-electron chi connectivity index (χ3n) is 3.91. The van der Waals surface area contributed by atoms with Gasteiger partial charge in [-0.2, -0.15) is 0 Å². The first-order valence-electron chi connectivity index (χ1n) is 7.92. The van der Waals surface area contributed by atoms with Gasteiger partial charge in [0.1, 0.15) is 0 Å². The number of benzene rings is 1. The minimum Gasteiger partial charge on any atom is -0.385 e. The Hall–Kier alpha value is -0.820. The first-order valence-corrected chi connectivity index (χ1v) is 7.92. The molecule has 0 radical (unpaired) electrons. The molecule has 19 heavy (non-hydrogen) atoms. The van der Waals surface area contributed by atoms with E-state index >= 15 is 0 Å². The van der Waals surface area contributed by atoms with E-state index in [4.69, 9.17) is 0 Å². The predicted octanol–water partition coefficient (Wildman–Crippen LogP) is 5.21. The van der Waals surface area contributed by atoms with Crippen molar-refractivity contribution in [2.75, 3.05) is 0 Å². The van der Waals surface area contributed by atoms with Gasteiger partial charge < -0.3 is 5.11 Å². The monoisotopic (exact) mass is 262 g/mol. The fraction of sp³-hybridized carbons (Fsp3) is 0.667. The Morgan fingerprint density at radius 2 is 1.63 bits per heavy atom. The molecule has 1 unspecified atom stereocenters. The Bertz CT molecular complexity index is 354. The predicted molar refractivity (Wildman–Crippen MR) is 83.4 cm³/mol. The lowest BCUT2D eigenvalue weighted by Crippen LogP contribution is -2.23. The fourth-order valence-corrected chi connectivity index (χ4v) is 2.66. The molecule has 1 nitrogen and oxygen atoms in total. The second kappa shape index (κ2) is 8.37. The number of hydrogen-bond donors (Lipinski definition) is 1. The van der Waals surface area contributed by atoms with Gasteiger partial charge in [0.25, 0.3) is 0 Å². The average molecular weight is 262 g/mol. The SMILES string of the molecule is CCCCCCC(C)(O)c1ccccc1CCCC. The molecular formula is C18H30O. The van der Waals surface area contributed by atoms with Crippen LogP contribution in [0.1, 0.15) is 76.8 Å². The van der Waals surface area contributed by atoms with Gasteiger partial charge in [-0.1, -0.05) is 70.2 Å². The summed E-state index contributed by atoms with van der Waals surface area (Å²) in [4.78, 5) is 0. The lowest BCUT2D eigenvalue weighted by atomic mass is 9.85. The van der Waals surface area contributed by atoms with Crippen LogP contribution in [-0.2, 0) is 12.0 Å². The smallest absolute Gasteiger partial charge is 0.0871 e. The van der Waals surface area contributed by atoms with Gasteiger partial charge in [-0.25, -0.2) is 0 Å². The van der Waals surface area contributed by atoms with Crippen molar-refractivity contribution in [3.05, 3.63) is 35.4 Å². The molecule has 0 aliphatic rings. The summed E-state index contributed by atoms with van der Waals surface area (Å²) < 4.78 is 0. The highest BCUT2D eigenvalue weighted by Gasteiger charge is 2.24. The van der Waals surface area contributed by atoms with E-state index in [-0.39, 0.29) is 0 Å². The lowest BCUT2D eigenvalue weighted by molar-refractivity contribution is 0.0439. The van der Waals surface area contributed by atoms with Gasteiger partial charge in [0, 0.05) is 0 Å². The molecule has 108 valence electrons. The van der Waals surface area contributed by atoms with Gasteiger partial charge in [0.05, 0.1) is 5.60 Å². The van der Waals surface area contributed by atoms with Crippen molar-refractivity contribution in [2.24, 2.45) is 0 Å². The van der Waals surface area contributed by atoms with Crippen LogP contribution in [0.4, 0.5) is 0 Å². The van der Waals surface area contributed by atoms with Gasteiger partial charge in [0.2, 0.25) is 0 Å². The molecule has 0 bridgehead atoms. The summed E-state index contributed by atoms with van der Waals surface area (Å²) in [5.74, 6) is 0. The van der Waals surface area contributed by atoms with Crippen molar-refractivity contribution >= 4 is 0 Å². The highest BCUT2D eigenvalue weighted by Crippen LogP contribution is 2.30. The topological polar surface area (TPSA) is 20.2 Å². The Kier molecular flexibility index (Phi) is 7.15. The number of hydrogen-bond acceptors (Lipinski definition) is 1. The van der Waals surface area contributed by atoms with Gasteiger partial charge in [-0.05, 0) is 37.3 Å². The zero-order valence-corrected chi connectivity index (χ0v) is 12.9. The minimum absolute atomic E-state index is 0.669. The Morgan fingerprint density at radius 3 is 2.32 bits per heavy atom. The average Bonchev–Trinajstić information content (AvgIpc) is 2.41. The third-order valence-corrected chi connectivity index (χ3v) is 3.91. The molecule has 0 aliphatic carbocycles. The molecule has 0 aromatic heterocycles. The molecule has 0 amide bonds. The van der Waals surface area contributed by atoms with Crippen molar-refractivity contribution in [1.29, 1.82) is 0 Å². The van der Waals surface area contributed by atoms with E-state index in [2.05, 4.69) is 32.0 Å². The van der Waals surface area contributed by atoms with Crippen LogP contribution in [0.25, 0.3) is 0 Å². The maximum Gasteiger partial charge on any atom is 0.0871 e. The van der Waals surface area contributed by atoms with Crippen LogP contribution >= 0.6 is 0 Å². The van der Waals surface area contributed by atoms with Crippen LogP contribution in [0.3, 0.4) is 0 Å². The maximum absolute atomic E-state index is 10.8. The van der Waals surface area contributed by atoms with Gasteiger partial charge in [-0.3, -0.25) is 0 Å². The molecule has 1 aromatic rings. The Morgan fingerprint density at radius 1 is 0.947 bits per heavy atom. The van der Waals surface area contributed by atoms with Crippen molar-refractivity contribution in [3.63, 3.8) is 0 Å². The van der Waals surface area contributed by atoms with E-state index in [1.807, 2.05) is 13.0 Å². The normalized spacial score (nSPS) is 14.3. The summed E-state index contributed by atoms with van der Waals surface area (Å²) in [7, 11) is 0. The van der Waals surface area contributed by atoms with Gasteiger partial charge in [0.15, 0.2) is 0 Å². The van der Waals surface area contributed by atoms with Crippen molar-refractivity contribution in [1.82, 2.24) is 0 Å². The minimum atomic E-state index is -0.669. The van der Waals surface area contributed by atoms with Gasteiger partial charge >= 0.3 is 0 Å². The van der Waals surface area contributed by atoms with E-state index in [0.29, 0.717) is 0 Å². The Labute approximate surface area is 119 Å². The number of aryl methyl sites for hydroxylation is 1. The third kappa shape index (κ3) is 5.36. The van der Waals surface area contributed by atoms with E-state index in [1.54, 1.807) is 0 Å². The molecule has 0 spiro atoms. The number of rotatable bonds is 9. The zero-order chi connectivity index (χ0) is 14.1. The molecule has 0 saturated carbocycles. The van der Waals surface area contributed by atoms with E-state index in [9.17, 15) is 5.11 Å². The van der Waals surface area contributed by atoms with Crippen LogP contribution in [0.2, 0.25) is 0 Å². The summed E-state index contributed by atoms with van der Waals surface area (Å²) in [6.07, 6.45) is 9.21. The van der Waals surface area contributed by atoms with Crippen LogP contribution in [-0.4, -0.2) is 5.11 Å². The second-order valence-corrected chi connectivity index (χ2v) is 5.85.